The van der Waals surface area contributed by atoms with E-state index in [1.54, 1.807) is 36.4 Å². The van der Waals surface area contributed by atoms with Gasteiger partial charge in [-0.3, -0.25) is 9.78 Å². The van der Waals surface area contributed by atoms with Gasteiger partial charge in [-0.15, -0.1) is 0 Å². The molecule has 0 radical (unpaired) electrons. The van der Waals surface area contributed by atoms with Gasteiger partial charge in [-0.25, -0.2) is 4.98 Å². The van der Waals surface area contributed by atoms with E-state index in [1.807, 2.05) is 12.1 Å². The highest BCUT2D eigenvalue weighted by Gasteiger charge is 2.21. The second kappa shape index (κ2) is 6.66. The van der Waals surface area contributed by atoms with Crippen LogP contribution in [0.25, 0.3) is 0 Å². The van der Waals surface area contributed by atoms with Crippen LogP contribution in [-0.2, 0) is 7.05 Å². The Balaban J connectivity index is 2.00. The number of benzene rings is 1. The molecular weight excluding hydrogens is 300 g/mol. The van der Waals surface area contributed by atoms with Crippen molar-refractivity contribution in [1.29, 1.82) is 0 Å². The fraction of sp³-hybridized carbons (Fsp3) is 0.211. The minimum atomic E-state index is -0.275. The van der Waals surface area contributed by atoms with E-state index in [0.29, 0.717) is 5.82 Å². The SMILES string of the molecule is Cc1ccc(C(NC(=O)c2nccn2C)c2cccnc2)c(C)c1. The van der Waals surface area contributed by atoms with Crippen molar-refractivity contribution >= 4 is 5.91 Å². The van der Waals surface area contributed by atoms with E-state index in [4.69, 9.17) is 0 Å². The van der Waals surface area contributed by atoms with Crippen molar-refractivity contribution in [2.45, 2.75) is 19.9 Å². The van der Waals surface area contributed by atoms with Crippen molar-refractivity contribution in [2.75, 3.05) is 0 Å². The number of aryl methyl sites for hydroxylation is 3. The zero-order chi connectivity index (χ0) is 17.1. The molecule has 5 heteroatoms. The quantitative estimate of drug-likeness (QED) is 0.804. The van der Waals surface area contributed by atoms with Gasteiger partial charge in [0.05, 0.1) is 6.04 Å². The van der Waals surface area contributed by atoms with Crippen LogP contribution in [0, 0.1) is 13.8 Å². The molecule has 0 saturated carbocycles. The van der Waals surface area contributed by atoms with Crippen molar-refractivity contribution in [3.05, 3.63) is 83.2 Å². The molecule has 1 N–H and O–H groups in total. The van der Waals surface area contributed by atoms with Crippen molar-refractivity contribution in [3.8, 4) is 0 Å². The lowest BCUT2D eigenvalue weighted by Gasteiger charge is -2.21. The third-order valence-electron chi connectivity index (χ3n) is 4.05. The molecule has 122 valence electrons. The van der Waals surface area contributed by atoms with Gasteiger partial charge < -0.3 is 9.88 Å². The predicted molar refractivity (Wildman–Crippen MR) is 92.7 cm³/mol. The Kier molecular flexibility index (Phi) is 4.42. The summed E-state index contributed by atoms with van der Waals surface area (Å²) < 4.78 is 1.71. The summed E-state index contributed by atoms with van der Waals surface area (Å²) in [5, 5.41) is 3.09. The summed E-state index contributed by atoms with van der Waals surface area (Å²) in [5.41, 5.74) is 4.31. The number of aromatic nitrogens is 3. The molecule has 24 heavy (non-hydrogen) atoms. The first-order valence-electron chi connectivity index (χ1n) is 7.81. The number of nitrogens with zero attached hydrogens (tertiary/aromatic N) is 3. The van der Waals surface area contributed by atoms with Crippen LogP contribution in [-0.4, -0.2) is 20.4 Å². The highest BCUT2D eigenvalue weighted by atomic mass is 16.2. The standard InChI is InChI=1S/C19H20N4O/c1-13-6-7-16(14(2)11-13)17(15-5-4-8-20-12-15)22-19(24)18-21-9-10-23(18)3/h4-12,17H,1-3H3,(H,22,24). The molecule has 1 unspecified atom stereocenters. The van der Waals surface area contributed by atoms with Gasteiger partial charge in [-0.05, 0) is 36.6 Å². The number of carbonyl (C=O) groups excluding carboxylic acids is 1. The van der Waals surface area contributed by atoms with Gasteiger partial charge in [-0.2, -0.15) is 0 Å². The number of amides is 1. The molecular formula is C19H20N4O. The molecule has 2 aromatic heterocycles. The van der Waals surface area contributed by atoms with Gasteiger partial charge in [0.1, 0.15) is 0 Å². The van der Waals surface area contributed by atoms with E-state index in [9.17, 15) is 4.79 Å². The fourth-order valence-electron chi connectivity index (χ4n) is 2.82. The molecule has 0 aliphatic rings. The number of hydrogen-bond donors (Lipinski definition) is 1. The molecule has 0 aliphatic heterocycles. The van der Waals surface area contributed by atoms with Gasteiger partial charge in [0.25, 0.3) is 5.91 Å². The highest BCUT2D eigenvalue weighted by Crippen LogP contribution is 2.25. The minimum Gasteiger partial charge on any atom is -0.338 e. The van der Waals surface area contributed by atoms with Gasteiger partial charge in [0, 0.05) is 31.8 Å². The first-order chi connectivity index (χ1) is 11.6. The third kappa shape index (κ3) is 3.20. The summed E-state index contributed by atoms with van der Waals surface area (Å²) in [4.78, 5) is 21.0. The van der Waals surface area contributed by atoms with Crippen molar-refractivity contribution < 1.29 is 4.79 Å². The molecule has 5 nitrogen and oxygen atoms in total. The van der Waals surface area contributed by atoms with Crippen LogP contribution >= 0.6 is 0 Å². The van der Waals surface area contributed by atoms with Crippen molar-refractivity contribution in [1.82, 2.24) is 19.9 Å². The lowest BCUT2D eigenvalue weighted by molar-refractivity contribution is 0.0929. The maximum atomic E-state index is 12.6. The summed E-state index contributed by atoms with van der Waals surface area (Å²) >= 11 is 0. The summed E-state index contributed by atoms with van der Waals surface area (Å²) in [6.07, 6.45) is 6.88. The Morgan fingerprint density at radius 1 is 1.21 bits per heavy atom. The van der Waals surface area contributed by atoms with Crippen LogP contribution < -0.4 is 5.32 Å². The zero-order valence-corrected chi connectivity index (χ0v) is 14.0. The van der Waals surface area contributed by atoms with Crippen LogP contribution in [0.15, 0.2) is 55.1 Å². The topological polar surface area (TPSA) is 59.8 Å². The van der Waals surface area contributed by atoms with Crippen LogP contribution in [0.5, 0.6) is 0 Å². The Hall–Kier alpha value is -2.95. The van der Waals surface area contributed by atoms with Crippen molar-refractivity contribution in [2.24, 2.45) is 7.05 Å². The molecule has 3 rings (SSSR count). The second-order valence-corrected chi connectivity index (χ2v) is 5.91. The van der Waals surface area contributed by atoms with E-state index in [2.05, 4.69) is 47.3 Å². The minimum absolute atomic E-state index is 0.212. The van der Waals surface area contributed by atoms with Crippen molar-refractivity contribution in [3.63, 3.8) is 0 Å². The van der Waals surface area contributed by atoms with Crippen LogP contribution in [0.2, 0.25) is 0 Å². The average molecular weight is 320 g/mol. The Morgan fingerprint density at radius 2 is 2.04 bits per heavy atom. The summed E-state index contributed by atoms with van der Waals surface area (Å²) in [6.45, 7) is 4.11. The molecule has 1 aromatic carbocycles. The van der Waals surface area contributed by atoms with Gasteiger partial charge in [0.15, 0.2) is 5.82 Å². The van der Waals surface area contributed by atoms with Gasteiger partial charge in [-0.1, -0.05) is 29.8 Å². The Labute approximate surface area is 141 Å². The van der Waals surface area contributed by atoms with Crippen LogP contribution in [0.4, 0.5) is 0 Å². The third-order valence-corrected chi connectivity index (χ3v) is 4.05. The summed E-state index contributed by atoms with van der Waals surface area (Å²) in [7, 11) is 1.80. The molecule has 0 aliphatic carbocycles. The van der Waals surface area contributed by atoms with Gasteiger partial charge in [0.2, 0.25) is 0 Å². The number of rotatable bonds is 4. The number of imidazole rings is 1. The molecule has 2 heterocycles. The smallest absolute Gasteiger partial charge is 0.288 e. The molecule has 0 saturated heterocycles. The zero-order valence-electron chi connectivity index (χ0n) is 14.0. The number of hydrogen-bond acceptors (Lipinski definition) is 3. The second-order valence-electron chi connectivity index (χ2n) is 5.91. The number of carbonyl (C=O) groups is 1. The van der Waals surface area contributed by atoms with E-state index in [0.717, 1.165) is 16.7 Å². The molecule has 1 atom stereocenters. The highest BCUT2D eigenvalue weighted by molar-refractivity contribution is 5.91. The van der Waals surface area contributed by atoms with E-state index in [1.165, 1.54) is 5.56 Å². The summed E-state index contributed by atoms with van der Waals surface area (Å²) in [5.74, 6) is 0.171. The molecule has 0 bridgehead atoms. The molecule has 0 fully saturated rings. The fourth-order valence-corrected chi connectivity index (χ4v) is 2.82. The lowest BCUT2D eigenvalue weighted by atomic mass is 9.94. The predicted octanol–water partition coefficient (Wildman–Crippen LogP) is 2.95. The monoisotopic (exact) mass is 320 g/mol. The molecule has 1 amide bonds. The van der Waals surface area contributed by atoms with Gasteiger partial charge >= 0.3 is 0 Å². The normalized spacial score (nSPS) is 12.0. The molecule has 0 spiro atoms. The average Bonchev–Trinajstić information content (AvgIpc) is 3.00. The Bertz CT molecular complexity index is 855. The van der Waals surface area contributed by atoms with Crippen LogP contribution in [0.1, 0.15) is 38.9 Å². The molecule has 3 aromatic rings. The van der Waals surface area contributed by atoms with Crippen LogP contribution in [0.3, 0.4) is 0 Å². The first kappa shape index (κ1) is 15.9. The number of nitrogens with one attached hydrogen (secondary N) is 1. The first-order valence-corrected chi connectivity index (χ1v) is 7.81. The Morgan fingerprint density at radius 3 is 2.67 bits per heavy atom. The maximum absolute atomic E-state index is 12.6. The maximum Gasteiger partial charge on any atom is 0.288 e. The number of pyridine rings is 1. The lowest BCUT2D eigenvalue weighted by Crippen LogP contribution is -2.31. The van der Waals surface area contributed by atoms with E-state index in [-0.39, 0.29) is 11.9 Å². The van der Waals surface area contributed by atoms with E-state index < -0.39 is 0 Å². The van der Waals surface area contributed by atoms with E-state index >= 15 is 0 Å². The largest absolute Gasteiger partial charge is 0.338 e. The summed E-state index contributed by atoms with van der Waals surface area (Å²) in [6, 6.07) is 9.79.